The highest BCUT2D eigenvalue weighted by atomic mass is 16.6. The molecule has 0 aromatic heterocycles. The second-order valence-corrected chi connectivity index (χ2v) is 0.969. The van der Waals surface area contributed by atoms with Crippen molar-refractivity contribution in [1.82, 2.24) is 0 Å². The molecule has 0 aromatic carbocycles. The van der Waals surface area contributed by atoms with Crippen LogP contribution < -0.4 is 0 Å². The van der Waals surface area contributed by atoms with Crippen LogP contribution in [0.1, 0.15) is 0 Å². The normalized spacial score (nSPS) is 7.11. The summed E-state index contributed by atoms with van der Waals surface area (Å²) in [6.07, 6.45) is 0.183. The molecule has 0 spiro atoms. The maximum Gasteiger partial charge on any atom is 0.670 e. The average molecular weight is 130 g/mol. The minimum Gasteiger partial charge on any atom is -0.496 e. The van der Waals surface area contributed by atoms with E-state index in [1.165, 1.54) is 0 Å². The Hall–Kier alpha value is -1.33. The highest BCUT2D eigenvalue weighted by Gasteiger charge is 2.19. The van der Waals surface area contributed by atoms with Gasteiger partial charge in [0.15, 0.2) is 6.19 Å². The molecule has 0 saturated carbocycles. The molecule has 0 aromatic rings. The molecule has 0 fully saturated rings. The first kappa shape index (κ1) is 7.67. The van der Waals surface area contributed by atoms with Crippen LogP contribution in [0.3, 0.4) is 0 Å². The molecule has 0 unspecified atom stereocenters. The lowest BCUT2D eigenvalue weighted by molar-refractivity contribution is -0.125. The highest BCUT2D eigenvalue weighted by molar-refractivity contribution is 6.75. The quantitative estimate of drug-likeness (QED) is 0.337. The lowest BCUT2D eigenvalue weighted by Crippen LogP contribution is -2.23. The fraction of sp³-hybridized carbons (Fsp3) is 0. The zero-order chi connectivity index (χ0) is 7.11. The van der Waals surface area contributed by atoms with Crippen molar-refractivity contribution < 1.29 is 23.7 Å². The van der Waals surface area contributed by atoms with Crippen LogP contribution in [-0.4, -0.2) is 26.2 Å². The molecule has 0 aliphatic carbocycles. The number of hydrogen-bond acceptors (Lipinski definition) is 5. The SMILES string of the molecule is O=COB(C=O)OC=O. The van der Waals surface area contributed by atoms with Crippen LogP contribution in [0.25, 0.3) is 0 Å². The third-order valence-corrected chi connectivity index (χ3v) is 0.490. The van der Waals surface area contributed by atoms with Crippen LogP contribution in [0.15, 0.2) is 0 Å². The van der Waals surface area contributed by atoms with Crippen molar-refractivity contribution in [3.05, 3.63) is 0 Å². The maximum atomic E-state index is 9.72. The van der Waals surface area contributed by atoms with Gasteiger partial charge in [-0.1, -0.05) is 0 Å². The van der Waals surface area contributed by atoms with Crippen LogP contribution in [0.4, 0.5) is 0 Å². The van der Waals surface area contributed by atoms with Crippen molar-refractivity contribution in [3.8, 4) is 0 Å². The van der Waals surface area contributed by atoms with E-state index in [-0.39, 0.29) is 19.1 Å². The Morgan fingerprint density at radius 3 is 1.67 bits per heavy atom. The van der Waals surface area contributed by atoms with E-state index in [4.69, 9.17) is 0 Å². The molecule has 0 rings (SSSR count). The molecule has 0 amide bonds. The summed E-state index contributed by atoms with van der Waals surface area (Å²) in [5.74, 6) is 0. The van der Waals surface area contributed by atoms with Gasteiger partial charge in [-0.2, -0.15) is 0 Å². The minimum absolute atomic E-state index is 0.0164. The van der Waals surface area contributed by atoms with Gasteiger partial charge in [0, 0.05) is 0 Å². The lowest BCUT2D eigenvalue weighted by Gasteiger charge is -1.96. The van der Waals surface area contributed by atoms with Crippen LogP contribution in [-0.2, 0) is 23.7 Å². The largest absolute Gasteiger partial charge is 0.670 e. The highest BCUT2D eigenvalue weighted by Crippen LogP contribution is 1.77. The van der Waals surface area contributed by atoms with Crippen LogP contribution in [0, 0.1) is 0 Å². The van der Waals surface area contributed by atoms with E-state index in [1.54, 1.807) is 0 Å². The van der Waals surface area contributed by atoms with Gasteiger partial charge in [-0.05, 0) is 0 Å². The topological polar surface area (TPSA) is 69.7 Å². The van der Waals surface area contributed by atoms with Gasteiger partial charge in [-0.15, -0.1) is 0 Å². The summed E-state index contributed by atoms with van der Waals surface area (Å²) in [5.41, 5.74) is 0. The fourth-order valence-electron chi connectivity index (χ4n) is 0.206. The van der Waals surface area contributed by atoms with Gasteiger partial charge in [0.1, 0.15) is 0 Å². The first-order chi connectivity index (χ1) is 4.35. The van der Waals surface area contributed by atoms with Gasteiger partial charge < -0.3 is 14.1 Å². The number of hydrogen-bond donors (Lipinski definition) is 0. The summed E-state index contributed by atoms with van der Waals surface area (Å²) in [6, 6.07) is 0. The summed E-state index contributed by atoms with van der Waals surface area (Å²) >= 11 is 0. The molecule has 0 saturated heterocycles. The van der Waals surface area contributed by atoms with Crippen molar-refractivity contribution in [1.29, 1.82) is 0 Å². The molecule has 0 bridgehead atoms. The Labute approximate surface area is 51.1 Å². The van der Waals surface area contributed by atoms with E-state index in [0.717, 1.165) is 0 Å². The Morgan fingerprint density at radius 2 is 1.44 bits per heavy atom. The molecule has 0 aliphatic heterocycles. The molecule has 5 nitrogen and oxygen atoms in total. The molecule has 0 heterocycles. The molecule has 0 aliphatic rings. The van der Waals surface area contributed by atoms with Crippen LogP contribution in [0.5, 0.6) is 0 Å². The Bertz CT molecular complexity index is 103. The standard InChI is InChI=1S/C3H3BO5/c5-1-4(8-2-6)9-3-7/h1-3H. The smallest absolute Gasteiger partial charge is 0.496 e. The van der Waals surface area contributed by atoms with Crippen LogP contribution >= 0.6 is 0 Å². The minimum atomic E-state index is -1.40. The van der Waals surface area contributed by atoms with Crippen molar-refractivity contribution in [2.24, 2.45) is 0 Å². The monoisotopic (exact) mass is 130 g/mol. The zero-order valence-corrected chi connectivity index (χ0v) is 4.35. The van der Waals surface area contributed by atoms with Gasteiger partial charge in [0.05, 0.1) is 0 Å². The second-order valence-electron chi connectivity index (χ2n) is 0.969. The van der Waals surface area contributed by atoms with E-state index in [1.807, 2.05) is 0 Å². The molecule has 0 atom stereocenters. The van der Waals surface area contributed by atoms with Crippen molar-refractivity contribution in [3.63, 3.8) is 0 Å². The molecular weight excluding hydrogens is 127 g/mol. The summed E-state index contributed by atoms with van der Waals surface area (Å²) < 4.78 is 7.86. The molecule has 6 heteroatoms. The third-order valence-electron chi connectivity index (χ3n) is 0.490. The van der Waals surface area contributed by atoms with Gasteiger partial charge in [-0.3, -0.25) is 9.59 Å². The molecule has 9 heavy (non-hydrogen) atoms. The Kier molecular flexibility index (Phi) is 4.11. The zero-order valence-electron chi connectivity index (χ0n) is 4.35. The first-order valence-electron chi connectivity index (χ1n) is 1.98. The fourth-order valence-corrected chi connectivity index (χ4v) is 0.206. The van der Waals surface area contributed by atoms with Crippen molar-refractivity contribution in [2.45, 2.75) is 0 Å². The predicted octanol–water partition coefficient (Wildman–Crippen LogP) is -1.41. The summed E-state index contributed by atoms with van der Waals surface area (Å²) in [7, 11) is -1.40. The summed E-state index contributed by atoms with van der Waals surface area (Å²) in [4.78, 5) is 28.7. The van der Waals surface area contributed by atoms with Gasteiger partial charge in [-0.25, -0.2) is 0 Å². The maximum absolute atomic E-state index is 9.72. The predicted molar refractivity (Wildman–Crippen MR) is 26.8 cm³/mol. The number of carbonyl (C=O) groups excluding carboxylic acids is 3. The van der Waals surface area contributed by atoms with E-state index >= 15 is 0 Å². The average Bonchev–Trinajstić information content (AvgIpc) is 1.88. The van der Waals surface area contributed by atoms with E-state index in [9.17, 15) is 14.4 Å². The van der Waals surface area contributed by atoms with Gasteiger partial charge in [0.25, 0.3) is 12.9 Å². The van der Waals surface area contributed by atoms with E-state index in [2.05, 4.69) is 9.31 Å². The van der Waals surface area contributed by atoms with E-state index < -0.39 is 7.12 Å². The number of rotatable bonds is 5. The Balaban J connectivity index is 3.51. The molecule has 0 radical (unpaired) electrons. The molecular formula is C3H3BO5. The number of carbonyl (C=O) groups is 3. The summed E-state index contributed by atoms with van der Waals surface area (Å²) in [5, 5.41) is 0. The summed E-state index contributed by atoms with van der Waals surface area (Å²) in [6.45, 7) is 0.0329. The molecule has 48 valence electrons. The van der Waals surface area contributed by atoms with Crippen LogP contribution in [0.2, 0.25) is 0 Å². The van der Waals surface area contributed by atoms with Gasteiger partial charge >= 0.3 is 7.12 Å². The Morgan fingerprint density at radius 1 is 1.00 bits per heavy atom. The van der Waals surface area contributed by atoms with Gasteiger partial charge in [0.2, 0.25) is 0 Å². The third kappa shape index (κ3) is 3.27. The first-order valence-corrected chi connectivity index (χ1v) is 1.98. The second kappa shape index (κ2) is 4.82. The van der Waals surface area contributed by atoms with Crippen molar-refractivity contribution in [2.75, 3.05) is 0 Å². The molecule has 0 N–H and O–H groups in total. The lowest BCUT2D eigenvalue weighted by atomic mass is 9.95. The van der Waals surface area contributed by atoms with Crippen molar-refractivity contribution >= 4 is 26.2 Å². The van der Waals surface area contributed by atoms with E-state index in [0.29, 0.717) is 0 Å².